The van der Waals surface area contributed by atoms with Gasteiger partial charge >= 0.3 is 0 Å². The van der Waals surface area contributed by atoms with E-state index in [0.29, 0.717) is 6.04 Å². The molecule has 0 saturated carbocycles. The Morgan fingerprint density at radius 2 is 2.26 bits per heavy atom. The van der Waals surface area contributed by atoms with Gasteiger partial charge in [-0.25, -0.2) is 9.37 Å². The summed E-state index contributed by atoms with van der Waals surface area (Å²) in [4.78, 5) is 10.3. The van der Waals surface area contributed by atoms with Crippen molar-refractivity contribution in [3.63, 3.8) is 0 Å². The molecule has 1 aliphatic heterocycles. The van der Waals surface area contributed by atoms with Gasteiger partial charge in [-0.05, 0) is 51.4 Å². The lowest BCUT2D eigenvalue weighted by molar-refractivity contribution is 0.110. The number of benzene rings is 1. The van der Waals surface area contributed by atoms with Gasteiger partial charge in [-0.15, -0.1) is 0 Å². The summed E-state index contributed by atoms with van der Waals surface area (Å²) >= 11 is 0. The van der Waals surface area contributed by atoms with Crippen LogP contribution in [0.25, 0.3) is 11.0 Å². The minimum atomic E-state index is -0.221. The molecule has 2 heterocycles. The Morgan fingerprint density at radius 3 is 3.05 bits per heavy atom. The molecule has 1 N–H and O–H groups in total. The summed E-state index contributed by atoms with van der Waals surface area (Å²) in [5.74, 6) is 0.719. The second-order valence-electron chi connectivity index (χ2n) is 5.54. The Balaban J connectivity index is 1.90. The smallest absolute Gasteiger partial charge is 0.125 e. The van der Waals surface area contributed by atoms with Crippen LogP contribution in [0, 0.1) is 5.82 Å². The molecule has 3 rings (SSSR count). The fourth-order valence-corrected chi connectivity index (χ4v) is 3.05. The molecule has 2 atom stereocenters. The van der Waals surface area contributed by atoms with Crippen LogP contribution in [0.2, 0.25) is 0 Å². The zero-order chi connectivity index (χ0) is 13.4. The number of hydrogen-bond acceptors (Lipinski definition) is 2. The number of aromatic nitrogens is 2. The predicted molar refractivity (Wildman–Crippen MR) is 74.5 cm³/mol. The molecule has 102 valence electrons. The summed E-state index contributed by atoms with van der Waals surface area (Å²) < 4.78 is 13.2. The van der Waals surface area contributed by atoms with Crippen LogP contribution < -0.4 is 0 Å². The Hall–Kier alpha value is -1.42. The zero-order valence-corrected chi connectivity index (χ0v) is 11.5. The number of rotatable bonds is 2. The molecular weight excluding hydrogens is 241 g/mol. The molecule has 2 aromatic rings. The highest BCUT2D eigenvalue weighted by Crippen LogP contribution is 2.27. The quantitative estimate of drug-likeness (QED) is 0.895. The maximum atomic E-state index is 13.2. The van der Waals surface area contributed by atoms with Crippen molar-refractivity contribution >= 4 is 11.0 Å². The number of hydrogen-bond donors (Lipinski definition) is 1. The lowest BCUT2D eigenvalue weighted by atomic mass is 10.0. The van der Waals surface area contributed by atoms with Crippen molar-refractivity contribution in [3.05, 3.63) is 29.8 Å². The molecule has 1 aromatic carbocycles. The van der Waals surface area contributed by atoms with Crippen LogP contribution in [-0.4, -0.2) is 27.5 Å². The first kappa shape index (κ1) is 12.6. The molecule has 0 spiro atoms. The molecule has 19 heavy (non-hydrogen) atoms. The van der Waals surface area contributed by atoms with E-state index in [-0.39, 0.29) is 11.9 Å². The van der Waals surface area contributed by atoms with Crippen LogP contribution in [-0.2, 0) is 0 Å². The monoisotopic (exact) mass is 261 g/mol. The second-order valence-corrected chi connectivity index (χ2v) is 5.54. The van der Waals surface area contributed by atoms with E-state index in [1.54, 1.807) is 6.07 Å². The normalized spacial score (nSPS) is 22.8. The van der Waals surface area contributed by atoms with E-state index in [4.69, 9.17) is 0 Å². The van der Waals surface area contributed by atoms with Gasteiger partial charge in [0.25, 0.3) is 0 Å². The second kappa shape index (κ2) is 4.93. The number of nitrogens with zero attached hydrogens (tertiary/aromatic N) is 2. The number of nitrogens with one attached hydrogen (secondary N) is 1. The van der Waals surface area contributed by atoms with Crippen LogP contribution in [0.5, 0.6) is 0 Å². The fourth-order valence-electron chi connectivity index (χ4n) is 3.05. The van der Waals surface area contributed by atoms with Crippen molar-refractivity contribution < 1.29 is 4.39 Å². The highest BCUT2D eigenvalue weighted by atomic mass is 19.1. The van der Waals surface area contributed by atoms with Gasteiger partial charge in [0, 0.05) is 6.04 Å². The number of aromatic amines is 1. The molecule has 1 fully saturated rings. The van der Waals surface area contributed by atoms with Crippen LogP contribution in [0.4, 0.5) is 4.39 Å². The SMILES string of the molecule is CC1CCCCN1C(C)c1nc2ccc(F)cc2[nH]1. The number of likely N-dealkylation sites (tertiary alicyclic amines) is 1. The molecule has 4 heteroatoms. The topological polar surface area (TPSA) is 31.9 Å². The van der Waals surface area contributed by atoms with Crippen molar-refractivity contribution in [2.75, 3.05) is 6.54 Å². The summed E-state index contributed by atoms with van der Waals surface area (Å²) in [7, 11) is 0. The summed E-state index contributed by atoms with van der Waals surface area (Å²) in [5, 5.41) is 0. The molecule has 1 aromatic heterocycles. The molecule has 0 amide bonds. The summed E-state index contributed by atoms with van der Waals surface area (Å²) in [5.41, 5.74) is 1.62. The largest absolute Gasteiger partial charge is 0.341 e. The lowest BCUT2D eigenvalue weighted by Gasteiger charge is -2.37. The number of imidazole rings is 1. The van der Waals surface area contributed by atoms with Crippen LogP contribution in [0.3, 0.4) is 0 Å². The van der Waals surface area contributed by atoms with E-state index in [2.05, 4.69) is 28.7 Å². The molecular formula is C15H20FN3. The Morgan fingerprint density at radius 1 is 1.42 bits per heavy atom. The van der Waals surface area contributed by atoms with Crippen molar-refractivity contribution in [2.45, 2.75) is 45.2 Å². The predicted octanol–water partition coefficient (Wildman–Crippen LogP) is 3.64. The Labute approximate surface area is 112 Å². The third-order valence-corrected chi connectivity index (χ3v) is 4.21. The standard InChI is InChI=1S/C15H20FN3/c1-10-5-3-4-8-19(10)11(2)15-17-13-7-6-12(16)9-14(13)18-15/h6-7,9-11H,3-5,8H2,1-2H3,(H,17,18). The van der Waals surface area contributed by atoms with E-state index >= 15 is 0 Å². The van der Waals surface area contributed by atoms with Gasteiger partial charge in [-0.3, -0.25) is 4.90 Å². The Kier molecular flexibility index (Phi) is 3.27. The van der Waals surface area contributed by atoms with Gasteiger partial charge < -0.3 is 4.98 Å². The van der Waals surface area contributed by atoms with Crippen LogP contribution in [0.15, 0.2) is 18.2 Å². The maximum Gasteiger partial charge on any atom is 0.125 e. The summed E-state index contributed by atoms with van der Waals surface area (Å²) in [6.07, 6.45) is 3.82. The average Bonchev–Trinajstić information content (AvgIpc) is 2.81. The number of H-pyrrole nitrogens is 1. The zero-order valence-electron chi connectivity index (χ0n) is 11.5. The van der Waals surface area contributed by atoms with E-state index in [0.717, 1.165) is 23.4 Å². The van der Waals surface area contributed by atoms with Crippen LogP contribution in [0.1, 0.15) is 45.0 Å². The summed E-state index contributed by atoms with van der Waals surface area (Å²) in [6.45, 7) is 5.57. The lowest BCUT2D eigenvalue weighted by Crippen LogP contribution is -2.39. The molecule has 2 unspecified atom stereocenters. The maximum absolute atomic E-state index is 13.2. The fraction of sp³-hybridized carbons (Fsp3) is 0.533. The number of piperidine rings is 1. The minimum Gasteiger partial charge on any atom is -0.341 e. The van der Waals surface area contributed by atoms with Gasteiger partial charge in [-0.2, -0.15) is 0 Å². The summed E-state index contributed by atoms with van der Waals surface area (Å²) in [6, 6.07) is 5.55. The van der Waals surface area contributed by atoms with Crippen molar-refractivity contribution in [2.24, 2.45) is 0 Å². The first-order valence-corrected chi connectivity index (χ1v) is 7.06. The molecule has 0 aliphatic carbocycles. The number of halogens is 1. The van der Waals surface area contributed by atoms with Crippen molar-refractivity contribution in [3.8, 4) is 0 Å². The van der Waals surface area contributed by atoms with Gasteiger partial charge in [0.05, 0.1) is 17.1 Å². The van der Waals surface area contributed by atoms with Crippen molar-refractivity contribution in [1.29, 1.82) is 0 Å². The van der Waals surface area contributed by atoms with Crippen molar-refractivity contribution in [1.82, 2.24) is 14.9 Å². The highest BCUT2D eigenvalue weighted by Gasteiger charge is 2.25. The van der Waals surface area contributed by atoms with E-state index in [1.165, 1.54) is 31.4 Å². The minimum absolute atomic E-state index is 0.221. The van der Waals surface area contributed by atoms with Gasteiger partial charge in [0.15, 0.2) is 0 Å². The van der Waals surface area contributed by atoms with Crippen LogP contribution >= 0.6 is 0 Å². The van der Waals surface area contributed by atoms with Gasteiger partial charge in [0.1, 0.15) is 11.6 Å². The van der Waals surface area contributed by atoms with E-state index in [9.17, 15) is 4.39 Å². The molecule has 0 bridgehead atoms. The molecule has 3 nitrogen and oxygen atoms in total. The number of fused-ring (bicyclic) bond motifs is 1. The third-order valence-electron chi connectivity index (χ3n) is 4.21. The first-order chi connectivity index (χ1) is 9.15. The third kappa shape index (κ3) is 2.37. The highest BCUT2D eigenvalue weighted by molar-refractivity contribution is 5.75. The first-order valence-electron chi connectivity index (χ1n) is 7.06. The van der Waals surface area contributed by atoms with Gasteiger partial charge in [0.2, 0.25) is 0 Å². The average molecular weight is 261 g/mol. The van der Waals surface area contributed by atoms with E-state index in [1.807, 2.05) is 0 Å². The molecule has 0 radical (unpaired) electrons. The van der Waals surface area contributed by atoms with E-state index < -0.39 is 0 Å². The molecule has 1 saturated heterocycles. The van der Waals surface area contributed by atoms with Gasteiger partial charge in [-0.1, -0.05) is 6.42 Å². The Bertz CT molecular complexity index is 578. The molecule has 1 aliphatic rings.